The van der Waals surface area contributed by atoms with Crippen LogP contribution in [0, 0.1) is 32.0 Å². The second-order valence-corrected chi connectivity index (χ2v) is 8.47. The Morgan fingerprint density at radius 2 is 1.95 bits per heavy atom. The molecule has 0 fully saturated rings. The fraction of sp³-hybridized carbons (Fsp3) is 0.269. The summed E-state index contributed by atoms with van der Waals surface area (Å²) in [5, 5.41) is 20.5. The number of H-pyrrole nitrogens is 1. The molecule has 1 aromatic heterocycles. The fourth-order valence-electron chi connectivity index (χ4n) is 3.82. The number of fused-ring (bicyclic) bond motifs is 1. The van der Waals surface area contributed by atoms with Gasteiger partial charge >= 0.3 is 11.9 Å². The number of nitrogens with zero attached hydrogens (tertiary/aromatic N) is 2. The van der Waals surface area contributed by atoms with Crippen molar-refractivity contribution in [1.29, 1.82) is 0 Å². The van der Waals surface area contributed by atoms with Crippen molar-refractivity contribution in [3.8, 4) is 12.3 Å². The summed E-state index contributed by atoms with van der Waals surface area (Å²) in [5.41, 5.74) is 1.85. The van der Waals surface area contributed by atoms with Gasteiger partial charge in [0, 0.05) is 18.7 Å². The number of aliphatic carboxylic acids is 2. The number of amides is 1. The molecule has 0 saturated carbocycles. The Kier molecular flexibility index (Phi) is 8.24. The van der Waals surface area contributed by atoms with Gasteiger partial charge in [0.1, 0.15) is 17.7 Å². The van der Waals surface area contributed by atoms with Crippen molar-refractivity contribution in [2.45, 2.75) is 39.3 Å². The van der Waals surface area contributed by atoms with E-state index in [2.05, 4.69) is 21.2 Å². The molecule has 0 saturated heterocycles. The highest BCUT2D eigenvalue weighted by atomic mass is 19.1. The van der Waals surface area contributed by atoms with Crippen LogP contribution in [-0.2, 0) is 16.1 Å². The van der Waals surface area contributed by atoms with Gasteiger partial charge in [-0.1, -0.05) is 5.92 Å². The summed E-state index contributed by atoms with van der Waals surface area (Å²) in [6.45, 7) is 3.88. The number of aromatic nitrogens is 2. The number of aryl methyl sites for hydroxylation is 2. The van der Waals surface area contributed by atoms with Crippen molar-refractivity contribution in [3.05, 3.63) is 69.0 Å². The molecule has 0 radical (unpaired) electrons. The highest BCUT2D eigenvalue weighted by Gasteiger charge is 2.23. The molecule has 1 amide bonds. The Bertz CT molecular complexity index is 1480. The number of anilines is 1. The first-order valence-corrected chi connectivity index (χ1v) is 11.2. The van der Waals surface area contributed by atoms with Gasteiger partial charge in [-0.2, -0.15) is 0 Å². The number of carboxylic acids is 2. The highest BCUT2D eigenvalue weighted by Crippen LogP contribution is 2.24. The first-order valence-electron chi connectivity index (χ1n) is 11.2. The molecule has 1 atom stereocenters. The molecule has 10 nitrogen and oxygen atoms in total. The van der Waals surface area contributed by atoms with Gasteiger partial charge in [-0.25, -0.2) is 14.2 Å². The molecule has 37 heavy (non-hydrogen) atoms. The van der Waals surface area contributed by atoms with Crippen molar-refractivity contribution in [3.63, 3.8) is 0 Å². The Morgan fingerprint density at radius 1 is 1.22 bits per heavy atom. The molecule has 4 N–H and O–H groups in total. The standard InChI is InChI=1S/C26H25FN4O6/c1-4-9-31(13-16-11-19-22(10-14(16)2)28-15(3)29-25(19)35)17-5-6-18(20(27)12-17)24(34)30-21(26(36)37)7-8-23(32)33/h1,5-6,10-12,21H,7-9,13H2,2-3H3,(H,30,34)(H,32,33)(H,36,37)(H,28,29,35)/t21-/m0/s1. The lowest BCUT2D eigenvalue weighted by Gasteiger charge is -2.24. The van der Waals surface area contributed by atoms with E-state index in [1.807, 2.05) is 6.92 Å². The van der Waals surface area contributed by atoms with E-state index < -0.39 is 41.7 Å². The molecule has 0 unspecified atom stereocenters. The van der Waals surface area contributed by atoms with Crippen LogP contribution in [0.2, 0.25) is 0 Å². The monoisotopic (exact) mass is 508 g/mol. The molecular formula is C26H25FN4O6. The maximum absolute atomic E-state index is 14.9. The third-order valence-electron chi connectivity index (χ3n) is 5.74. The summed E-state index contributed by atoms with van der Waals surface area (Å²) < 4.78 is 14.9. The zero-order chi connectivity index (χ0) is 27.3. The van der Waals surface area contributed by atoms with Crippen LogP contribution in [0.1, 0.15) is 40.2 Å². The summed E-state index contributed by atoms with van der Waals surface area (Å²) in [5.74, 6) is -1.54. The number of benzene rings is 2. The number of carboxylic acid groups (broad SMARTS) is 2. The Labute approximate surface area is 211 Å². The van der Waals surface area contributed by atoms with Gasteiger partial charge < -0.3 is 25.4 Å². The number of carbonyl (C=O) groups is 3. The topological polar surface area (TPSA) is 153 Å². The van der Waals surface area contributed by atoms with Crippen molar-refractivity contribution in [1.82, 2.24) is 15.3 Å². The summed E-state index contributed by atoms with van der Waals surface area (Å²) in [6.07, 6.45) is 4.70. The third-order valence-corrected chi connectivity index (χ3v) is 5.74. The van der Waals surface area contributed by atoms with Gasteiger partial charge in [0.15, 0.2) is 0 Å². The SMILES string of the molecule is C#CCN(Cc1cc2c(=O)[nH]c(C)nc2cc1C)c1ccc(C(=O)N[C@@H](CCC(=O)O)C(=O)O)c(F)c1. The zero-order valence-electron chi connectivity index (χ0n) is 20.2. The van der Waals surface area contributed by atoms with Crippen molar-refractivity contribution < 1.29 is 29.0 Å². The average molecular weight is 509 g/mol. The molecule has 192 valence electrons. The van der Waals surface area contributed by atoms with E-state index in [9.17, 15) is 28.7 Å². The smallest absolute Gasteiger partial charge is 0.326 e. The lowest BCUT2D eigenvalue weighted by molar-refractivity contribution is -0.140. The molecule has 0 bridgehead atoms. The van der Waals surface area contributed by atoms with Crippen molar-refractivity contribution in [2.24, 2.45) is 0 Å². The first-order chi connectivity index (χ1) is 17.5. The molecule has 0 spiro atoms. The van der Waals surface area contributed by atoms with E-state index in [-0.39, 0.29) is 25.1 Å². The van der Waals surface area contributed by atoms with Crippen LogP contribution in [0.3, 0.4) is 0 Å². The highest BCUT2D eigenvalue weighted by molar-refractivity contribution is 5.97. The lowest BCUT2D eigenvalue weighted by atomic mass is 10.0. The summed E-state index contributed by atoms with van der Waals surface area (Å²) in [7, 11) is 0. The molecule has 3 rings (SSSR count). The van der Waals surface area contributed by atoms with Gasteiger partial charge in [-0.3, -0.25) is 14.4 Å². The number of terminal acetylenes is 1. The minimum atomic E-state index is -1.49. The molecule has 11 heteroatoms. The van der Waals surface area contributed by atoms with Crippen LogP contribution in [-0.4, -0.2) is 50.6 Å². The molecular weight excluding hydrogens is 483 g/mol. The molecule has 0 aliphatic heterocycles. The van der Waals surface area contributed by atoms with Gasteiger partial charge in [-0.15, -0.1) is 6.42 Å². The number of halogens is 1. The van der Waals surface area contributed by atoms with Crippen LogP contribution in [0.5, 0.6) is 0 Å². The first kappa shape index (κ1) is 26.9. The second-order valence-electron chi connectivity index (χ2n) is 8.47. The van der Waals surface area contributed by atoms with Crippen LogP contribution < -0.4 is 15.8 Å². The summed E-state index contributed by atoms with van der Waals surface area (Å²) in [4.78, 5) is 55.7. The number of aromatic amines is 1. The summed E-state index contributed by atoms with van der Waals surface area (Å²) >= 11 is 0. The van der Waals surface area contributed by atoms with Gasteiger partial charge in [0.2, 0.25) is 0 Å². The van der Waals surface area contributed by atoms with Crippen LogP contribution in [0.15, 0.2) is 35.1 Å². The zero-order valence-corrected chi connectivity index (χ0v) is 20.2. The normalized spacial score (nSPS) is 11.5. The number of carbonyl (C=O) groups excluding carboxylic acids is 1. The van der Waals surface area contributed by atoms with Crippen molar-refractivity contribution in [2.75, 3.05) is 11.4 Å². The van der Waals surface area contributed by atoms with E-state index in [1.165, 1.54) is 12.1 Å². The van der Waals surface area contributed by atoms with Crippen LogP contribution in [0.25, 0.3) is 10.9 Å². The van der Waals surface area contributed by atoms with E-state index in [0.29, 0.717) is 22.4 Å². The molecule has 0 aliphatic rings. The van der Waals surface area contributed by atoms with E-state index in [0.717, 1.165) is 17.2 Å². The number of hydrogen-bond donors (Lipinski definition) is 4. The molecule has 1 heterocycles. The second kappa shape index (κ2) is 11.3. The Hall–Kier alpha value is -4.72. The summed E-state index contributed by atoms with van der Waals surface area (Å²) in [6, 6.07) is 5.78. The number of hydrogen-bond acceptors (Lipinski definition) is 6. The number of rotatable bonds is 10. The van der Waals surface area contributed by atoms with Gasteiger partial charge in [0.25, 0.3) is 11.5 Å². The average Bonchev–Trinajstić information content (AvgIpc) is 2.81. The maximum atomic E-state index is 14.9. The predicted molar refractivity (Wildman–Crippen MR) is 134 cm³/mol. The largest absolute Gasteiger partial charge is 0.481 e. The van der Waals surface area contributed by atoms with E-state index >= 15 is 0 Å². The third kappa shape index (κ3) is 6.49. The Morgan fingerprint density at radius 3 is 2.57 bits per heavy atom. The molecule has 0 aliphatic carbocycles. The minimum Gasteiger partial charge on any atom is -0.481 e. The number of nitrogens with one attached hydrogen (secondary N) is 2. The lowest BCUT2D eigenvalue weighted by Crippen LogP contribution is -2.41. The minimum absolute atomic E-state index is 0.0985. The van der Waals surface area contributed by atoms with E-state index in [4.69, 9.17) is 11.5 Å². The van der Waals surface area contributed by atoms with Crippen LogP contribution >= 0.6 is 0 Å². The van der Waals surface area contributed by atoms with Gasteiger partial charge in [0.05, 0.1) is 23.0 Å². The fourth-order valence-corrected chi connectivity index (χ4v) is 3.82. The predicted octanol–water partition coefficient (Wildman–Crippen LogP) is 2.37. The quantitative estimate of drug-likeness (QED) is 0.305. The van der Waals surface area contributed by atoms with Crippen molar-refractivity contribution >= 4 is 34.4 Å². The molecule has 2 aromatic carbocycles. The van der Waals surface area contributed by atoms with E-state index in [1.54, 1.807) is 24.0 Å². The maximum Gasteiger partial charge on any atom is 0.326 e. The van der Waals surface area contributed by atoms with Crippen LogP contribution in [0.4, 0.5) is 10.1 Å². The molecule has 3 aromatic rings. The van der Waals surface area contributed by atoms with Gasteiger partial charge in [-0.05, 0) is 61.7 Å². The Balaban J connectivity index is 1.86.